The molecule has 4 aromatic rings. The van der Waals surface area contributed by atoms with Crippen molar-refractivity contribution in [1.29, 1.82) is 0 Å². The standard InChI is InChI=1S/C29H29Cl2N3O2/c30-22-6-1-19(2-7-22)29(20-3-8-23(31)9-4-20)21-5-10-26-25(17-21)27(18-28(34-26)36-16-15-35)33-24-11-13-32-14-12-24/h1-10,17-18,24,29,32,35H,11-16H2,(H,33,34). The molecule has 1 aromatic heterocycles. The number of pyridine rings is 1. The average Bonchev–Trinajstić information content (AvgIpc) is 2.90. The number of anilines is 1. The van der Waals surface area contributed by atoms with E-state index in [9.17, 15) is 5.11 Å². The van der Waals surface area contributed by atoms with Crippen molar-refractivity contribution in [3.05, 3.63) is 99.5 Å². The Balaban J connectivity index is 1.61. The molecular weight excluding hydrogens is 493 g/mol. The van der Waals surface area contributed by atoms with Gasteiger partial charge in [0.15, 0.2) is 0 Å². The maximum Gasteiger partial charge on any atom is 0.215 e. The van der Waals surface area contributed by atoms with Gasteiger partial charge in [0.2, 0.25) is 5.88 Å². The molecule has 186 valence electrons. The molecule has 0 bridgehead atoms. The van der Waals surface area contributed by atoms with E-state index in [-0.39, 0.29) is 19.1 Å². The van der Waals surface area contributed by atoms with E-state index in [1.54, 1.807) is 0 Å². The van der Waals surface area contributed by atoms with E-state index in [4.69, 9.17) is 32.9 Å². The van der Waals surface area contributed by atoms with E-state index in [1.807, 2.05) is 36.4 Å². The largest absolute Gasteiger partial charge is 0.475 e. The van der Waals surface area contributed by atoms with E-state index < -0.39 is 0 Å². The lowest BCUT2D eigenvalue weighted by molar-refractivity contribution is 0.197. The topological polar surface area (TPSA) is 66.4 Å². The summed E-state index contributed by atoms with van der Waals surface area (Å²) in [5.41, 5.74) is 5.27. The molecule has 2 heterocycles. The molecule has 1 aliphatic heterocycles. The van der Waals surface area contributed by atoms with Gasteiger partial charge in [-0.3, -0.25) is 0 Å². The van der Waals surface area contributed by atoms with Crippen molar-refractivity contribution in [3.63, 3.8) is 0 Å². The van der Waals surface area contributed by atoms with E-state index in [1.165, 1.54) is 0 Å². The number of hydrogen-bond acceptors (Lipinski definition) is 5. The van der Waals surface area contributed by atoms with Crippen molar-refractivity contribution in [2.75, 3.05) is 31.6 Å². The van der Waals surface area contributed by atoms with Gasteiger partial charge in [-0.1, -0.05) is 53.5 Å². The van der Waals surface area contributed by atoms with Crippen molar-refractivity contribution in [1.82, 2.24) is 10.3 Å². The molecule has 1 saturated heterocycles. The highest BCUT2D eigenvalue weighted by Crippen LogP contribution is 2.37. The summed E-state index contributed by atoms with van der Waals surface area (Å²) < 4.78 is 5.69. The maximum atomic E-state index is 9.23. The van der Waals surface area contributed by atoms with Crippen molar-refractivity contribution < 1.29 is 9.84 Å². The summed E-state index contributed by atoms with van der Waals surface area (Å²) in [4.78, 5) is 4.72. The van der Waals surface area contributed by atoms with Gasteiger partial charge in [0, 0.05) is 39.1 Å². The van der Waals surface area contributed by atoms with Crippen LogP contribution in [0.1, 0.15) is 35.4 Å². The van der Waals surface area contributed by atoms with Gasteiger partial charge >= 0.3 is 0 Å². The number of rotatable bonds is 8. The van der Waals surface area contributed by atoms with Crippen molar-refractivity contribution in [2.24, 2.45) is 0 Å². The minimum absolute atomic E-state index is 0.000907. The first-order valence-electron chi connectivity index (χ1n) is 12.3. The number of hydrogen-bond donors (Lipinski definition) is 3. The second kappa shape index (κ2) is 11.5. The van der Waals surface area contributed by atoms with Gasteiger partial charge in [-0.05, 0) is 79.0 Å². The molecule has 0 atom stereocenters. The van der Waals surface area contributed by atoms with Crippen LogP contribution in [0, 0.1) is 0 Å². The minimum Gasteiger partial charge on any atom is -0.475 e. The lowest BCUT2D eigenvalue weighted by atomic mass is 9.84. The predicted molar refractivity (Wildman–Crippen MR) is 148 cm³/mol. The molecule has 0 spiro atoms. The lowest BCUT2D eigenvalue weighted by Gasteiger charge is -2.26. The molecular formula is C29H29Cl2N3O2. The zero-order valence-corrected chi connectivity index (χ0v) is 21.4. The van der Waals surface area contributed by atoms with E-state index in [2.05, 4.69) is 47.0 Å². The Morgan fingerprint density at radius 3 is 2.11 bits per heavy atom. The average molecular weight is 522 g/mol. The van der Waals surface area contributed by atoms with Crippen LogP contribution in [0.4, 0.5) is 5.69 Å². The minimum atomic E-state index is -0.0560. The van der Waals surface area contributed by atoms with Gasteiger partial charge in [0.05, 0.1) is 12.1 Å². The third kappa shape index (κ3) is 5.76. The number of halogens is 2. The maximum absolute atomic E-state index is 9.23. The Bertz CT molecular complexity index is 1260. The molecule has 36 heavy (non-hydrogen) atoms. The van der Waals surface area contributed by atoms with Gasteiger partial charge < -0.3 is 20.5 Å². The molecule has 1 aliphatic rings. The van der Waals surface area contributed by atoms with Crippen LogP contribution in [0.15, 0.2) is 72.8 Å². The molecule has 3 N–H and O–H groups in total. The molecule has 5 nitrogen and oxygen atoms in total. The van der Waals surface area contributed by atoms with Gasteiger partial charge in [-0.2, -0.15) is 0 Å². The summed E-state index contributed by atoms with van der Waals surface area (Å²) >= 11 is 12.4. The molecule has 0 aliphatic carbocycles. The molecule has 1 fully saturated rings. The third-order valence-electron chi connectivity index (χ3n) is 6.59. The zero-order chi connectivity index (χ0) is 24.9. The summed E-state index contributed by atoms with van der Waals surface area (Å²) in [7, 11) is 0. The highest BCUT2D eigenvalue weighted by atomic mass is 35.5. The van der Waals surface area contributed by atoms with Crippen LogP contribution in [0.25, 0.3) is 10.9 Å². The summed E-state index contributed by atoms with van der Waals surface area (Å²) in [6.45, 7) is 2.14. The number of benzene rings is 3. The third-order valence-corrected chi connectivity index (χ3v) is 7.09. The number of piperidine rings is 1. The summed E-state index contributed by atoms with van der Waals surface area (Å²) in [5.74, 6) is 0.508. The molecule has 0 saturated carbocycles. The Labute approximate surface area is 221 Å². The van der Waals surface area contributed by atoms with Crippen molar-refractivity contribution >= 4 is 39.8 Å². The fourth-order valence-electron chi connectivity index (χ4n) is 4.82. The SMILES string of the molecule is OCCOc1cc(NC2CCNCC2)c2cc(C(c3ccc(Cl)cc3)c3ccc(Cl)cc3)ccc2n1. The van der Waals surface area contributed by atoms with E-state index in [0.717, 1.165) is 59.2 Å². The molecule has 0 radical (unpaired) electrons. The highest BCUT2D eigenvalue weighted by Gasteiger charge is 2.20. The molecule has 0 amide bonds. The van der Waals surface area contributed by atoms with E-state index in [0.29, 0.717) is 22.0 Å². The fourth-order valence-corrected chi connectivity index (χ4v) is 5.07. The lowest BCUT2D eigenvalue weighted by Crippen LogP contribution is -2.35. The summed E-state index contributed by atoms with van der Waals surface area (Å²) in [6.07, 6.45) is 2.10. The number of ether oxygens (including phenoxy) is 1. The first kappa shape index (κ1) is 24.8. The second-order valence-corrected chi connectivity index (χ2v) is 9.93. The first-order chi connectivity index (χ1) is 17.6. The fraction of sp³-hybridized carbons (Fsp3) is 0.276. The van der Waals surface area contributed by atoms with Crippen LogP contribution in [0.2, 0.25) is 10.0 Å². The Kier molecular flexibility index (Phi) is 7.93. The summed E-state index contributed by atoms with van der Waals surface area (Å²) in [6, 6.07) is 24.7. The number of aliphatic hydroxyl groups excluding tert-OH is 1. The van der Waals surface area contributed by atoms with Gasteiger partial charge in [0.1, 0.15) is 6.61 Å². The van der Waals surface area contributed by atoms with Gasteiger partial charge in [-0.15, -0.1) is 0 Å². The van der Waals surface area contributed by atoms with Crippen molar-refractivity contribution in [2.45, 2.75) is 24.8 Å². The Morgan fingerprint density at radius 1 is 0.889 bits per heavy atom. The number of aromatic nitrogens is 1. The van der Waals surface area contributed by atoms with Gasteiger partial charge in [0.25, 0.3) is 0 Å². The molecule has 7 heteroatoms. The second-order valence-electron chi connectivity index (χ2n) is 9.06. The molecule has 0 unspecified atom stereocenters. The van der Waals surface area contributed by atoms with Crippen LogP contribution in [-0.4, -0.2) is 42.4 Å². The monoisotopic (exact) mass is 521 g/mol. The highest BCUT2D eigenvalue weighted by molar-refractivity contribution is 6.30. The quantitative estimate of drug-likeness (QED) is 0.239. The zero-order valence-electron chi connectivity index (χ0n) is 19.9. The predicted octanol–water partition coefficient (Wildman–Crippen LogP) is 6.26. The number of fused-ring (bicyclic) bond motifs is 1. The van der Waals surface area contributed by atoms with Crippen LogP contribution in [0.3, 0.4) is 0 Å². The smallest absolute Gasteiger partial charge is 0.215 e. The number of aliphatic hydroxyl groups is 1. The molecule has 3 aromatic carbocycles. The number of nitrogens with zero attached hydrogens (tertiary/aromatic N) is 1. The Hall–Kier alpha value is -2.83. The van der Waals surface area contributed by atoms with E-state index >= 15 is 0 Å². The van der Waals surface area contributed by atoms with Crippen molar-refractivity contribution in [3.8, 4) is 5.88 Å². The van der Waals surface area contributed by atoms with Crippen LogP contribution in [-0.2, 0) is 0 Å². The van der Waals surface area contributed by atoms with Gasteiger partial charge in [-0.25, -0.2) is 4.98 Å². The van der Waals surface area contributed by atoms with Crippen LogP contribution in [0.5, 0.6) is 5.88 Å². The molecule has 5 rings (SSSR count). The van der Waals surface area contributed by atoms with Crippen LogP contribution < -0.4 is 15.4 Å². The normalized spacial score (nSPS) is 14.3. The summed E-state index contributed by atoms with van der Waals surface area (Å²) in [5, 5.41) is 18.8. The first-order valence-corrected chi connectivity index (χ1v) is 13.0. The number of nitrogens with one attached hydrogen (secondary N) is 2. The van der Waals surface area contributed by atoms with Crippen LogP contribution >= 0.6 is 23.2 Å². The Morgan fingerprint density at radius 2 is 1.50 bits per heavy atom.